The van der Waals surface area contributed by atoms with Crippen LogP contribution in [0.3, 0.4) is 0 Å². The normalized spacial score (nSPS) is 18.8. The van der Waals surface area contributed by atoms with Gasteiger partial charge in [-0.1, -0.05) is 24.3 Å². The van der Waals surface area contributed by atoms with E-state index >= 15 is 0 Å². The lowest BCUT2D eigenvalue weighted by atomic mass is 9.73. The van der Waals surface area contributed by atoms with Crippen molar-refractivity contribution in [3.63, 3.8) is 0 Å². The fourth-order valence-electron chi connectivity index (χ4n) is 2.79. The van der Waals surface area contributed by atoms with Crippen LogP contribution in [0.5, 0.6) is 0 Å². The summed E-state index contributed by atoms with van der Waals surface area (Å²) in [6, 6.07) is 8.91. The molecule has 19 heavy (non-hydrogen) atoms. The van der Waals surface area contributed by atoms with E-state index in [0.717, 1.165) is 18.5 Å². The summed E-state index contributed by atoms with van der Waals surface area (Å²) in [5.41, 5.74) is 7.03. The maximum absolute atomic E-state index is 5.76. The number of fused-ring (bicyclic) bond motifs is 1. The van der Waals surface area contributed by atoms with Gasteiger partial charge in [-0.05, 0) is 31.4 Å². The van der Waals surface area contributed by atoms with Crippen LogP contribution in [0.4, 0.5) is 0 Å². The highest BCUT2D eigenvalue weighted by atomic mass is 32.1. The number of nitrogens with one attached hydrogen (secondary N) is 1. The third kappa shape index (κ3) is 2.31. The molecule has 2 unspecified atom stereocenters. The molecule has 0 fully saturated rings. The van der Waals surface area contributed by atoms with Crippen molar-refractivity contribution >= 4 is 11.3 Å². The molecule has 2 aromatic rings. The summed E-state index contributed by atoms with van der Waals surface area (Å²) >= 11 is 1.78. The minimum atomic E-state index is 0.278. The zero-order chi connectivity index (χ0) is 13.4. The quantitative estimate of drug-likeness (QED) is 0.664. The van der Waals surface area contributed by atoms with Gasteiger partial charge in [-0.2, -0.15) is 0 Å². The number of hydrazine groups is 1. The highest BCUT2D eigenvalue weighted by Gasteiger charge is 2.32. The van der Waals surface area contributed by atoms with Crippen LogP contribution >= 0.6 is 11.3 Å². The van der Waals surface area contributed by atoms with Crippen molar-refractivity contribution in [3.05, 3.63) is 51.0 Å². The van der Waals surface area contributed by atoms with Crippen LogP contribution in [-0.4, -0.2) is 11.0 Å². The van der Waals surface area contributed by atoms with Crippen LogP contribution in [0.15, 0.2) is 24.3 Å². The van der Waals surface area contributed by atoms with Gasteiger partial charge in [0.25, 0.3) is 0 Å². The maximum Gasteiger partial charge on any atom is 0.0947 e. The molecule has 0 saturated heterocycles. The Morgan fingerprint density at radius 3 is 2.84 bits per heavy atom. The van der Waals surface area contributed by atoms with E-state index in [9.17, 15) is 0 Å². The van der Waals surface area contributed by atoms with Crippen molar-refractivity contribution in [1.29, 1.82) is 0 Å². The lowest BCUT2D eigenvalue weighted by Crippen LogP contribution is -2.45. The summed E-state index contributed by atoms with van der Waals surface area (Å²) in [4.78, 5) is 5.92. The van der Waals surface area contributed by atoms with E-state index in [-0.39, 0.29) is 6.04 Å². The fourth-order valence-corrected chi connectivity index (χ4v) is 3.78. The second kappa shape index (κ2) is 5.04. The van der Waals surface area contributed by atoms with Gasteiger partial charge in [0.05, 0.1) is 10.7 Å². The number of benzene rings is 1. The Hall–Kier alpha value is -1.23. The lowest BCUT2D eigenvalue weighted by Gasteiger charge is -2.36. The molecule has 2 atom stereocenters. The fraction of sp³-hybridized carbons (Fsp3) is 0.400. The van der Waals surface area contributed by atoms with Crippen molar-refractivity contribution in [1.82, 2.24) is 10.4 Å². The van der Waals surface area contributed by atoms with Crippen LogP contribution in [0.2, 0.25) is 0 Å². The molecule has 100 valence electrons. The molecule has 3 N–H and O–H groups in total. The summed E-state index contributed by atoms with van der Waals surface area (Å²) in [7, 11) is 0. The Morgan fingerprint density at radius 2 is 2.21 bits per heavy atom. The zero-order valence-corrected chi connectivity index (χ0v) is 12.1. The number of rotatable bonds is 4. The molecule has 0 saturated carbocycles. The van der Waals surface area contributed by atoms with Gasteiger partial charge in [0.2, 0.25) is 0 Å². The molecule has 0 aliphatic heterocycles. The van der Waals surface area contributed by atoms with E-state index < -0.39 is 0 Å². The van der Waals surface area contributed by atoms with E-state index in [0.29, 0.717) is 5.92 Å². The van der Waals surface area contributed by atoms with Gasteiger partial charge in [-0.15, -0.1) is 11.3 Å². The van der Waals surface area contributed by atoms with Crippen molar-refractivity contribution in [2.45, 2.75) is 38.6 Å². The number of thiazole rings is 1. The standard InChI is InChI=1S/C15H19N3S/c1-9-10(2)19-15(17-9)8-14(18-16)13-7-11-5-3-4-6-12(11)13/h3-6,13-14,18H,7-8,16H2,1-2H3. The third-order valence-corrected chi connectivity index (χ3v) is 5.16. The molecule has 1 aliphatic rings. The largest absolute Gasteiger partial charge is 0.271 e. The minimum Gasteiger partial charge on any atom is -0.271 e. The number of aryl methyl sites for hydroxylation is 2. The van der Waals surface area contributed by atoms with Crippen LogP contribution in [0.25, 0.3) is 0 Å². The Labute approximate surface area is 117 Å². The molecule has 3 rings (SSSR count). The predicted molar refractivity (Wildman–Crippen MR) is 79.3 cm³/mol. The zero-order valence-electron chi connectivity index (χ0n) is 11.3. The van der Waals surface area contributed by atoms with Gasteiger partial charge >= 0.3 is 0 Å². The van der Waals surface area contributed by atoms with E-state index in [2.05, 4.69) is 48.5 Å². The second-order valence-electron chi connectivity index (χ2n) is 5.24. The van der Waals surface area contributed by atoms with Crippen LogP contribution < -0.4 is 11.3 Å². The molecule has 4 heteroatoms. The average Bonchev–Trinajstić information content (AvgIpc) is 2.68. The molecular formula is C15H19N3S. The molecule has 1 aromatic carbocycles. The first-order valence-corrected chi connectivity index (χ1v) is 7.47. The first-order chi connectivity index (χ1) is 9.19. The highest BCUT2D eigenvalue weighted by Crippen LogP contribution is 2.38. The Morgan fingerprint density at radius 1 is 1.42 bits per heavy atom. The van der Waals surface area contributed by atoms with E-state index in [1.807, 2.05) is 0 Å². The van der Waals surface area contributed by atoms with Gasteiger partial charge in [-0.3, -0.25) is 11.3 Å². The molecule has 1 heterocycles. The molecule has 3 nitrogen and oxygen atoms in total. The molecule has 0 radical (unpaired) electrons. The summed E-state index contributed by atoms with van der Waals surface area (Å²) < 4.78 is 0. The van der Waals surface area contributed by atoms with Gasteiger partial charge in [0, 0.05) is 23.3 Å². The number of hydrogen-bond donors (Lipinski definition) is 2. The first kappa shape index (κ1) is 12.8. The summed E-state index contributed by atoms with van der Waals surface area (Å²) in [5, 5.41) is 1.18. The van der Waals surface area contributed by atoms with Gasteiger partial charge in [0.1, 0.15) is 0 Å². The Balaban J connectivity index is 1.76. The minimum absolute atomic E-state index is 0.278. The molecule has 1 aromatic heterocycles. The number of nitrogens with two attached hydrogens (primary N) is 1. The van der Waals surface area contributed by atoms with Crippen molar-refractivity contribution in [2.75, 3.05) is 0 Å². The topological polar surface area (TPSA) is 50.9 Å². The molecular weight excluding hydrogens is 254 g/mol. The Kier molecular flexibility index (Phi) is 3.39. The monoisotopic (exact) mass is 273 g/mol. The van der Waals surface area contributed by atoms with E-state index in [1.54, 1.807) is 11.3 Å². The first-order valence-electron chi connectivity index (χ1n) is 6.66. The smallest absolute Gasteiger partial charge is 0.0947 e. The SMILES string of the molecule is Cc1nc(CC(NN)C2Cc3ccccc32)sc1C. The maximum atomic E-state index is 5.76. The number of nitrogens with zero attached hydrogens (tertiary/aromatic N) is 1. The lowest BCUT2D eigenvalue weighted by molar-refractivity contribution is 0.403. The molecule has 0 bridgehead atoms. The highest BCUT2D eigenvalue weighted by molar-refractivity contribution is 7.11. The molecule has 1 aliphatic carbocycles. The van der Waals surface area contributed by atoms with Gasteiger partial charge < -0.3 is 0 Å². The van der Waals surface area contributed by atoms with Crippen LogP contribution in [-0.2, 0) is 12.8 Å². The molecule has 0 spiro atoms. The van der Waals surface area contributed by atoms with E-state index in [1.165, 1.54) is 21.0 Å². The third-order valence-electron chi connectivity index (χ3n) is 4.06. The summed E-state index contributed by atoms with van der Waals surface area (Å²) in [6.07, 6.45) is 2.03. The second-order valence-corrected chi connectivity index (χ2v) is 6.52. The number of hydrogen-bond acceptors (Lipinski definition) is 4. The number of aromatic nitrogens is 1. The van der Waals surface area contributed by atoms with Crippen LogP contribution in [0.1, 0.15) is 32.6 Å². The summed E-state index contributed by atoms with van der Waals surface area (Å²) in [5.74, 6) is 6.28. The van der Waals surface area contributed by atoms with Gasteiger partial charge in [-0.25, -0.2) is 4.98 Å². The summed E-state index contributed by atoms with van der Waals surface area (Å²) in [6.45, 7) is 4.19. The predicted octanol–water partition coefficient (Wildman–Crippen LogP) is 2.47. The van der Waals surface area contributed by atoms with E-state index in [4.69, 9.17) is 5.84 Å². The van der Waals surface area contributed by atoms with Crippen molar-refractivity contribution < 1.29 is 0 Å². The average molecular weight is 273 g/mol. The van der Waals surface area contributed by atoms with Gasteiger partial charge in [0.15, 0.2) is 0 Å². The molecule has 0 amide bonds. The van der Waals surface area contributed by atoms with Crippen LogP contribution in [0, 0.1) is 13.8 Å². The van der Waals surface area contributed by atoms with Crippen molar-refractivity contribution in [2.24, 2.45) is 5.84 Å². The van der Waals surface area contributed by atoms with Crippen molar-refractivity contribution in [3.8, 4) is 0 Å². The Bertz CT molecular complexity index is 571.